The number of imide groups is 1. The van der Waals surface area contributed by atoms with E-state index in [4.69, 9.17) is 5.73 Å². The van der Waals surface area contributed by atoms with Gasteiger partial charge in [0, 0.05) is 26.2 Å². The molecule has 2 rings (SSSR count). The largest absolute Gasteiger partial charge is 0.329 e. The van der Waals surface area contributed by atoms with Gasteiger partial charge in [0.05, 0.1) is 16.9 Å². The van der Waals surface area contributed by atoms with Gasteiger partial charge >= 0.3 is 0 Å². The summed E-state index contributed by atoms with van der Waals surface area (Å²) >= 11 is 0. The molecule has 1 aromatic rings. The van der Waals surface area contributed by atoms with E-state index >= 15 is 0 Å². The van der Waals surface area contributed by atoms with Crippen molar-refractivity contribution in [1.82, 2.24) is 9.21 Å². The molecular weight excluding hydrogens is 354 g/mol. The van der Waals surface area contributed by atoms with Gasteiger partial charge in [0.25, 0.3) is 11.8 Å². The van der Waals surface area contributed by atoms with E-state index in [0.29, 0.717) is 11.1 Å². The van der Waals surface area contributed by atoms with Crippen LogP contribution in [0.1, 0.15) is 34.1 Å². The number of hydrogen-bond acceptors (Lipinski definition) is 5. The number of benzene rings is 1. The summed E-state index contributed by atoms with van der Waals surface area (Å²) in [5, 5.41) is 0. The summed E-state index contributed by atoms with van der Waals surface area (Å²) in [6.07, 6.45) is 0.190. The smallest absolute Gasteiger partial charge is 0.261 e. The number of amides is 2. The van der Waals surface area contributed by atoms with Gasteiger partial charge < -0.3 is 5.73 Å². The second-order valence-corrected chi connectivity index (χ2v) is 7.73. The number of rotatable bonds is 7. The molecule has 0 saturated heterocycles. The molecule has 7 nitrogen and oxygen atoms in total. The minimum Gasteiger partial charge on any atom is -0.329 e. The van der Waals surface area contributed by atoms with Crippen molar-refractivity contribution in [3.63, 3.8) is 0 Å². The summed E-state index contributed by atoms with van der Waals surface area (Å²) in [6.45, 7) is 2.03. The molecule has 0 spiro atoms. The summed E-state index contributed by atoms with van der Waals surface area (Å²) in [6, 6.07) is 6.30. The van der Waals surface area contributed by atoms with E-state index in [2.05, 4.69) is 0 Å². The van der Waals surface area contributed by atoms with Crippen LogP contribution in [0.25, 0.3) is 0 Å². The zero-order chi connectivity index (χ0) is 17.2. The number of nitrogens with two attached hydrogens (primary N) is 1. The zero-order valence-corrected chi connectivity index (χ0v) is 15.3. The maximum absolute atomic E-state index is 12.2. The first-order chi connectivity index (χ1) is 10.8. The van der Waals surface area contributed by atoms with E-state index in [0.717, 1.165) is 4.90 Å². The standard InChI is InChI=1S/C15H21N3O4S.ClH/c1-11(10-16)17(2)23(21,22)9-5-8-18-14(19)12-6-3-4-7-13(12)15(18)20;/h3-4,6-7,11H,5,8-10,16H2,1-2H3;1H. The second kappa shape index (κ2) is 8.06. The number of sulfonamides is 1. The number of hydrogen-bond donors (Lipinski definition) is 1. The van der Waals surface area contributed by atoms with Crippen molar-refractivity contribution in [3.05, 3.63) is 35.4 Å². The fourth-order valence-corrected chi connectivity index (χ4v) is 3.83. The van der Waals surface area contributed by atoms with Gasteiger partial charge in [0.2, 0.25) is 10.0 Å². The Hall–Kier alpha value is -1.48. The summed E-state index contributed by atoms with van der Waals surface area (Å²) in [5.41, 5.74) is 6.22. The second-order valence-electron chi connectivity index (χ2n) is 5.58. The average Bonchev–Trinajstić information content (AvgIpc) is 2.78. The van der Waals surface area contributed by atoms with Crippen molar-refractivity contribution in [2.24, 2.45) is 5.73 Å². The van der Waals surface area contributed by atoms with Gasteiger partial charge in [-0.25, -0.2) is 12.7 Å². The third-order valence-electron chi connectivity index (χ3n) is 4.06. The number of likely N-dealkylation sites (N-methyl/N-ethyl adjacent to an activating group) is 1. The summed E-state index contributed by atoms with van der Waals surface area (Å²) in [4.78, 5) is 25.5. The highest BCUT2D eigenvalue weighted by atomic mass is 35.5. The maximum Gasteiger partial charge on any atom is 0.261 e. The molecule has 0 bridgehead atoms. The molecule has 9 heteroatoms. The van der Waals surface area contributed by atoms with Crippen molar-refractivity contribution in [3.8, 4) is 0 Å². The predicted octanol–water partition coefficient (Wildman–Crippen LogP) is 0.703. The molecule has 0 saturated carbocycles. The van der Waals surface area contributed by atoms with E-state index in [9.17, 15) is 18.0 Å². The van der Waals surface area contributed by atoms with E-state index in [-0.39, 0.29) is 55.5 Å². The number of nitrogens with zero attached hydrogens (tertiary/aromatic N) is 2. The first-order valence-electron chi connectivity index (χ1n) is 7.40. The van der Waals surface area contributed by atoms with Gasteiger partial charge in [-0.05, 0) is 25.5 Å². The molecule has 24 heavy (non-hydrogen) atoms. The molecule has 0 aliphatic carbocycles. The number of carbonyl (C=O) groups is 2. The Balaban J connectivity index is 0.00000288. The molecule has 1 aliphatic heterocycles. The van der Waals surface area contributed by atoms with Crippen molar-refractivity contribution >= 4 is 34.2 Å². The molecule has 0 aromatic heterocycles. The maximum atomic E-state index is 12.2. The topological polar surface area (TPSA) is 101 Å². The van der Waals surface area contributed by atoms with E-state index < -0.39 is 10.0 Å². The van der Waals surface area contributed by atoms with Crippen LogP contribution in [0, 0.1) is 0 Å². The van der Waals surface area contributed by atoms with Gasteiger partial charge in [-0.1, -0.05) is 12.1 Å². The van der Waals surface area contributed by atoms with Crippen molar-refractivity contribution in [2.75, 3.05) is 25.9 Å². The highest BCUT2D eigenvalue weighted by Gasteiger charge is 2.35. The first-order valence-corrected chi connectivity index (χ1v) is 9.01. The predicted molar refractivity (Wildman–Crippen MR) is 93.7 cm³/mol. The van der Waals surface area contributed by atoms with Gasteiger partial charge in [0.1, 0.15) is 0 Å². The Bertz CT molecular complexity index is 688. The lowest BCUT2D eigenvalue weighted by molar-refractivity contribution is 0.0654. The summed E-state index contributed by atoms with van der Waals surface area (Å²) < 4.78 is 25.6. The molecule has 2 amide bonds. The third kappa shape index (κ3) is 3.94. The van der Waals surface area contributed by atoms with Crippen LogP contribution < -0.4 is 5.73 Å². The van der Waals surface area contributed by atoms with Crippen molar-refractivity contribution < 1.29 is 18.0 Å². The fraction of sp³-hybridized carbons (Fsp3) is 0.467. The van der Waals surface area contributed by atoms with Gasteiger partial charge in [-0.3, -0.25) is 14.5 Å². The summed E-state index contributed by atoms with van der Waals surface area (Å²) in [5.74, 6) is -0.875. The first kappa shape index (κ1) is 20.6. The molecule has 1 aromatic carbocycles. The third-order valence-corrected chi connectivity index (χ3v) is 6.10. The van der Waals surface area contributed by atoms with Gasteiger partial charge in [-0.2, -0.15) is 0 Å². The number of carbonyl (C=O) groups excluding carboxylic acids is 2. The lowest BCUT2D eigenvalue weighted by atomic mass is 10.1. The quantitative estimate of drug-likeness (QED) is 0.707. The Morgan fingerprint density at radius 3 is 2.12 bits per heavy atom. The lowest BCUT2D eigenvalue weighted by Gasteiger charge is -2.23. The van der Waals surface area contributed by atoms with Gasteiger partial charge in [-0.15, -0.1) is 12.4 Å². The van der Waals surface area contributed by atoms with Crippen LogP contribution in [0.4, 0.5) is 0 Å². The average molecular weight is 376 g/mol. The van der Waals surface area contributed by atoms with E-state index in [1.54, 1.807) is 31.2 Å². The zero-order valence-electron chi connectivity index (χ0n) is 13.6. The molecular formula is C15H22ClN3O4S. The number of halogens is 1. The van der Waals surface area contributed by atoms with Crippen LogP contribution in [-0.2, 0) is 10.0 Å². The van der Waals surface area contributed by atoms with Crippen LogP contribution in [0.3, 0.4) is 0 Å². The normalized spacial score (nSPS) is 15.4. The van der Waals surface area contributed by atoms with Crippen LogP contribution in [0.2, 0.25) is 0 Å². The van der Waals surface area contributed by atoms with E-state index in [1.165, 1.54) is 11.4 Å². The Kier molecular flexibility index (Phi) is 6.91. The Labute approximate surface area is 148 Å². The lowest BCUT2D eigenvalue weighted by Crippen LogP contribution is -2.41. The number of fused-ring (bicyclic) bond motifs is 1. The molecule has 1 aliphatic rings. The van der Waals surface area contributed by atoms with E-state index in [1.807, 2.05) is 0 Å². The van der Waals surface area contributed by atoms with Crippen LogP contribution in [0.5, 0.6) is 0 Å². The molecule has 1 atom stereocenters. The highest BCUT2D eigenvalue weighted by Crippen LogP contribution is 2.22. The molecule has 1 heterocycles. The SMILES string of the molecule is CC(CN)N(C)S(=O)(=O)CCCN1C(=O)c2ccccc2C1=O.Cl. The molecule has 134 valence electrons. The Morgan fingerprint density at radius 1 is 1.17 bits per heavy atom. The van der Waals surface area contributed by atoms with Crippen molar-refractivity contribution in [1.29, 1.82) is 0 Å². The van der Waals surface area contributed by atoms with Crippen LogP contribution >= 0.6 is 12.4 Å². The fourth-order valence-electron chi connectivity index (χ4n) is 2.41. The monoisotopic (exact) mass is 375 g/mol. The summed E-state index contributed by atoms with van der Waals surface area (Å²) in [7, 11) is -1.98. The molecule has 2 N–H and O–H groups in total. The molecule has 1 unspecified atom stereocenters. The minimum atomic E-state index is -3.46. The minimum absolute atomic E-state index is 0. The molecule has 0 radical (unpaired) electrons. The highest BCUT2D eigenvalue weighted by molar-refractivity contribution is 7.89. The Morgan fingerprint density at radius 2 is 1.67 bits per heavy atom. The van der Waals surface area contributed by atoms with Gasteiger partial charge in [0.15, 0.2) is 0 Å². The van der Waals surface area contributed by atoms with Crippen LogP contribution in [-0.4, -0.2) is 61.4 Å². The molecule has 0 fully saturated rings. The van der Waals surface area contributed by atoms with Crippen LogP contribution in [0.15, 0.2) is 24.3 Å². The van der Waals surface area contributed by atoms with Crippen molar-refractivity contribution in [2.45, 2.75) is 19.4 Å².